The number of nitrogens with two attached hydrogens (primary N) is 1. The standard InChI is InChI=1S/C25H25FN8/c26-20-10-15(16-8-17(27)12-28-11-16)9-18-19(20)13-29-14-31-22(18)25-32-23-21(4-5-30-24(23)33-25)34-6-2-1-3-7-34/h4-5,8-12,29H,1-3,6-7,13-14,27H2,(H,30,32,33). The van der Waals surface area contributed by atoms with Gasteiger partial charge in [-0.1, -0.05) is 0 Å². The first-order valence-corrected chi connectivity index (χ1v) is 11.6. The highest BCUT2D eigenvalue weighted by Gasteiger charge is 2.24. The molecule has 1 aromatic carbocycles. The van der Waals surface area contributed by atoms with Crippen LogP contribution in [0.3, 0.4) is 0 Å². The van der Waals surface area contributed by atoms with E-state index in [1.54, 1.807) is 24.7 Å². The van der Waals surface area contributed by atoms with Crippen LogP contribution in [0, 0.1) is 5.82 Å². The van der Waals surface area contributed by atoms with E-state index in [9.17, 15) is 0 Å². The Morgan fingerprint density at radius 3 is 2.76 bits per heavy atom. The van der Waals surface area contributed by atoms with Gasteiger partial charge < -0.3 is 15.6 Å². The Bertz CT molecular complexity index is 1400. The van der Waals surface area contributed by atoms with E-state index >= 15 is 4.39 Å². The molecule has 172 valence electrons. The first-order valence-electron chi connectivity index (χ1n) is 11.6. The summed E-state index contributed by atoms with van der Waals surface area (Å²) in [7, 11) is 0. The van der Waals surface area contributed by atoms with E-state index in [0.29, 0.717) is 52.8 Å². The zero-order chi connectivity index (χ0) is 23.1. The molecular weight excluding hydrogens is 431 g/mol. The molecular formula is C25H25FN8. The van der Waals surface area contributed by atoms with Crippen molar-refractivity contribution in [3.63, 3.8) is 0 Å². The lowest BCUT2D eigenvalue weighted by Crippen LogP contribution is -2.29. The predicted molar refractivity (Wildman–Crippen MR) is 131 cm³/mol. The Morgan fingerprint density at radius 2 is 1.91 bits per heavy atom. The van der Waals surface area contributed by atoms with E-state index in [2.05, 4.69) is 25.2 Å². The summed E-state index contributed by atoms with van der Waals surface area (Å²) < 4.78 is 15.3. The first kappa shape index (κ1) is 20.7. The van der Waals surface area contributed by atoms with E-state index < -0.39 is 0 Å². The summed E-state index contributed by atoms with van der Waals surface area (Å²) in [5.41, 5.74) is 12.4. The average molecular weight is 457 g/mol. The SMILES string of the molecule is Nc1cncc(-c2cc(F)c3c(c2)C(c2nc4nccc(N5CCCCC5)c4[nH]2)=NCNC3)c1. The van der Waals surface area contributed by atoms with Gasteiger partial charge in [-0.15, -0.1) is 0 Å². The molecule has 6 rings (SSSR count). The van der Waals surface area contributed by atoms with Gasteiger partial charge in [0.2, 0.25) is 0 Å². The number of H-pyrrole nitrogens is 1. The topological polar surface area (TPSA) is 108 Å². The number of imidazole rings is 1. The van der Waals surface area contributed by atoms with Crippen LogP contribution in [0.4, 0.5) is 15.8 Å². The van der Waals surface area contributed by atoms with Gasteiger partial charge in [0.25, 0.3) is 0 Å². The van der Waals surface area contributed by atoms with Crippen molar-refractivity contribution in [2.45, 2.75) is 25.8 Å². The zero-order valence-electron chi connectivity index (χ0n) is 18.7. The monoisotopic (exact) mass is 456 g/mol. The molecule has 0 bridgehead atoms. The van der Waals surface area contributed by atoms with Crippen molar-refractivity contribution < 1.29 is 4.39 Å². The number of nitrogen functional groups attached to an aromatic ring is 1. The second kappa shape index (κ2) is 8.49. The van der Waals surface area contributed by atoms with Crippen LogP contribution in [0.25, 0.3) is 22.3 Å². The Kier molecular flexibility index (Phi) is 5.18. The van der Waals surface area contributed by atoms with Crippen molar-refractivity contribution >= 4 is 28.3 Å². The zero-order valence-corrected chi connectivity index (χ0v) is 18.7. The fourth-order valence-corrected chi connectivity index (χ4v) is 4.82. The molecule has 5 heterocycles. The summed E-state index contributed by atoms with van der Waals surface area (Å²) in [5, 5.41) is 3.18. The number of hydrogen-bond donors (Lipinski definition) is 3. The van der Waals surface area contributed by atoms with Crippen LogP contribution in [-0.4, -0.2) is 45.4 Å². The largest absolute Gasteiger partial charge is 0.397 e. The minimum Gasteiger partial charge on any atom is -0.397 e. The normalized spacial score (nSPS) is 16.3. The highest BCUT2D eigenvalue weighted by molar-refractivity contribution is 6.13. The average Bonchev–Trinajstić information content (AvgIpc) is 3.17. The number of anilines is 2. The molecule has 9 heteroatoms. The van der Waals surface area contributed by atoms with Gasteiger partial charge in [-0.3, -0.25) is 15.3 Å². The van der Waals surface area contributed by atoms with Crippen molar-refractivity contribution in [2.24, 2.45) is 4.99 Å². The van der Waals surface area contributed by atoms with Gasteiger partial charge in [-0.2, -0.15) is 0 Å². The Morgan fingerprint density at radius 1 is 1.03 bits per heavy atom. The number of benzene rings is 1. The number of nitrogens with zero attached hydrogens (tertiary/aromatic N) is 5. The number of halogens is 1. The lowest BCUT2D eigenvalue weighted by Gasteiger charge is -2.28. The molecule has 0 spiro atoms. The molecule has 0 amide bonds. The Labute approximate surface area is 196 Å². The van der Waals surface area contributed by atoms with Gasteiger partial charge in [-0.05, 0) is 49.1 Å². The van der Waals surface area contributed by atoms with E-state index in [1.807, 2.05) is 12.1 Å². The lowest BCUT2D eigenvalue weighted by molar-refractivity contribution is 0.578. The summed E-state index contributed by atoms with van der Waals surface area (Å²) in [6.07, 6.45) is 8.66. The minimum absolute atomic E-state index is 0.305. The summed E-state index contributed by atoms with van der Waals surface area (Å²) in [6, 6.07) is 7.28. The van der Waals surface area contributed by atoms with Gasteiger partial charge in [0.15, 0.2) is 11.5 Å². The molecule has 3 aromatic heterocycles. The number of piperidine rings is 1. The number of rotatable bonds is 3. The molecule has 4 aromatic rings. The number of pyridine rings is 2. The Balaban J connectivity index is 1.48. The highest BCUT2D eigenvalue weighted by atomic mass is 19.1. The molecule has 4 N–H and O–H groups in total. The fraction of sp³-hybridized carbons (Fsp3) is 0.280. The molecule has 0 aliphatic carbocycles. The van der Waals surface area contributed by atoms with Gasteiger partial charge in [-0.25, -0.2) is 14.4 Å². The molecule has 2 aliphatic heterocycles. The van der Waals surface area contributed by atoms with Crippen LogP contribution < -0.4 is 16.0 Å². The highest BCUT2D eigenvalue weighted by Crippen LogP contribution is 2.30. The summed E-state index contributed by atoms with van der Waals surface area (Å²) in [6.45, 7) is 2.77. The van der Waals surface area contributed by atoms with E-state index in [-0.39, 0.29) is 5.82 Å². The van der Waals surface area contributed by atoms with Gasteiger partial charge >= 0.3 is 0 Å². The fourth-order valence-electron chi connectivity index (χ4n) is 4.82. The molecule has 1 fully saturated rings. The molecule has 2 aliphatic rings. The van der Waals surface area contributed by atoms with Gasteiger partial charge in [0.05, 0.1) is 18.0 Å². The molecule has 0 saturated carbocycles. The van der Waals surface area contributed by atoms with Crippen molar-refractivity contribution in [3.05, 3.63) is 65.6 Å². The second-order valence-corrected chi connectivity index (χ2v) is 8.74. The van der Waals surface area contributed by atoms with Crippen LogP contribution in [0.15, 0.2) is 47.8 Å². The van der Waals surface area contributed by atoms with Crippen molar-refractivity contribution in [1.29, 1.82) is 0 Å². The maximum absolute atomic E-state index is 15.3. The van der Waals surface area contributed by atoms with E-state index in [1.165, 1.54) is 25.3 Å². The van der Waals surface area contributed by atoms with Crippen LogP contribution in [0.2, 0.25) is 0 Å². The number of nitrogens with one attached hydrogen (secondary N) is 2. The number of fused-ring (bicyclic) bond motifs is 2. The number of hydrogen-bond acceptors (Lipinski definition) is 7. The smallest absolute Gasteiger partial charge is 0.180 e. The number of aliphatic imine (C=N–C) groups is 1. The van der Waals surface area contributed by atoms with Crippen molar-refractivity contribution in [1.82, 2.24) is 25.3 Å². The maximum Gasteiger partial charge on any atom is 0.180 e. The molecule has 8 nitrogen and oxygen atoms in total. The van der Waals surface area contributed by atoms with Crippen LogP contribution in [0.1, 0.15) is 36.2 Å². The van der Waals surface area contributed by atoms with Gasteiger partial charge in [0, 0.05) is 54.9 Å². The molecule has 0 atom stereocenters. The molecule has 0 unspecified atom stereocenters. The van der Waals surface area contributed by atoms with Crippen molar-refractivity contribution in [3.8, 4) is 11.1 Å². The van der Waals surface area contributed by atoms with Crippen LogP contribution >= 0.6 is 0 Å². The molecule has 1 saturated heterocycles. The van der Waals surface area contributed by atoms with E-state index in [0.717, 1.165) is 29.9 Å². The second-order valence-electron chi connectivity index (χ2n) is 8.74. The van der Waals surface area contributed by atoms with Crippen LogP contribution in [0.5, 0.6) is 0 Å². The van der Waals surface area contributed by atoms with Crippen LogP contribution in [-0.2, 0) is 6.54 Å². The lowest BCUT2D eigenvalue weighted by atomic mass is 9.96. The summed E-state index contributed by atoms with van der Waals surface area (Å²) in [5.74, 6) is 0.277. The predicted octanol–water partition coefficient (Wildman–Crippen LogP) is 3.63. The quantitative estimate of drug-likeness (QED) is 0.435. The summed E-state index contributed by atoms with van der Waals surface area (Å²) >= 11 is 0. The minimum atomic E-state index is -0.305. The molecule has 34 heavy (non-hydrogen) atoms. The van der Waals surface area contributed by atoms with E-state index in [4.69, 9.17) is 15.7 Å². The summed E-state index contributed by atoms with van der Waals surface area (Å²) in [4.78, 5) is 24.0. The third kappa shape index (κ3) is 3.67. The molecule has 0 radical (unpaired) electrons. The number of aromatic amines is 1. The first-order chi connectivity index (χ1) is 16.7. The number of aromatic nitrogens is 4. The third-order valence-corrected chi connectivity index (χ3v) is 6.49. The van der Waals surface area contributed by atoms with Gasteiger partial charge in [0.1, 0.15) is 17.0 Å². The Hall–Kier alpha value is -3.85. The maximum atomic E-state index is 15.3. The van der Waals surface area contributed by atoms with Crippen molar-refractivity contribution in [2.75, 3.05) is 30.4 Å². The third-order valence-electron chi connectivity index (χ3n) is 6.49.